The number of unbranched alkanes of at least 4 members (excludes halogenated alkanes) is 12. The minimum absolute atomic E-state index is 0.0272. The monoisotopic (exact) mass is 329 g/mol. The Balaban J connectivity index is 3.14. The van der Waals surface area contributed by atoms with E-state index < -0.39 is 6.10 Å². The van der Waals surface area contributed by atoms with Crippen molar-refractivity contribution in [2.45, 2.75) is 103 Å². The molecular weight excluding hydrogens is 290 g/mol. The van der Waals surface area contributed by atoms with Gasteiger partial charge in [0.05, 0.1) is 12.7 Å². The van der Waals surface area contributed by atoms with Gasteiger partial charge in [0.25, 0.3) is 0 Å². The third-order valence-corrected chi connectivity index (χ3v) is 4.25. The van der Waals surface area contributed by atoms with Crippen LogP contribution in [0.25, 0.3) is 0 Å². The number of aliphatic hydroxyl groups is 2. The topological polar surface area (TPSA) is 69.6 Å². The van der Waals surface area contributed by atoms with Crippen LogP contribution in [-0.4, -0.2) is 35.4 Å². The standard InChI is InChI=1S/C19H39NO3/c1-2-3-4-5-6-7-8-9-10-11-12-13-14-15-19(23)20-16-18(22)17-21/h18,21-22H,2-17H2,1H3,(H,20,23). The Morgan fingerprint density at radius 3 is 1.70 bits per heavy atom. The molecule has 138 valence electrons. The maximum absolute atomic E-state index is 11.5. The molecule has 0 fully saturated rings. The molecular formula is C19H39NO3. The lowest BCUT2D eigenvalue weighted by Gasteiger charge is -2.08. The molecule has 0 aliphatic heterocycles. The van der Waals surface area contributed by atoms with Gasteiger partial charge in [-0.05, 0) is 6.42 Å². The van der Waals surface area contributed by atoms with E-state index in [1.165, 1.54) is 70.6 Å². The van der Waals surface area contributed by atoms with Gasteiger partial charge in [0.1, 0.15) is 0 Å². The van der Waals surface area contributed by atoms with E-state index >= 15 is 0 Å². The Morgan fingerprint density at radius 1 is 0.826 bits per heavy atom. The van der Waals surface area contributed by atoms with Gasteiger partial charge in [-0.3, -0.25) is 4.79 Å². The van der Waals surface area contributed by atoms with Crippen molar-refractivity contribution >= 4 is 5.91 Å². The normalized spacial score (nSPS) is 12.3. The van der Waals surface area contributed by atoms with Crippen molar-refractivity contribution in [1.29, 1.82) is 0 Å². The predicted molar refractivity (Wildman–Crippen MR) is 96.4 cm³/mol. The molecule has 1 amide bonds. The average Bonchev–Trinajstić information content (AvgIpc) is 2.56. The fourth-order valence-electron chi connectivity index (χ4n) is 2.69. The van der Waals surface area contributed by atoms with Crippen molar-refractivity contribution in [2.75, 3.05) is 13.2 Å². The molecule has 0 radical (unpaired) electrons. The van der Waals surface area contributed by atoms with E-state index in [1.54, 1.807) is 0 Å². The van der Waals surface area contributed by atoms with E-state index in [9.17, 15) is 4.79 Å². The second kappa shape index (κ2) is 17.7. The van der Waals surface area contributed by atoms with Gasteiger partial charge in [-0.25, -0.2) is 0 Å². The molecule has 0 aromatic rings. The highest BCUT2D eigenvalue weighted by molar-refractivity contribution is 5.75. The fraction of sp³-hybridized carbons (Fsp3) is 0.947. The van der Waals surface area contributed by atoms with E-state index in [2.05, 4.69) is 12.2 Å². The molecule has 0 aliphatic carbocycles. The third-order valence-electron chi connectivity index (χ3n) is 4.25. The van der Waals surface area contributed by atoms with Crippen LogP contribution in [0.2, 0.25) is 0 Å². The molecule has 0 bridgehead atoms. The fourth-order valence-corrected chi connectivity index (χ4v) is 2.69. The first kappa shape index (κ1) is 22.4. The molecule has 3 N–H and O–H groups in total. The molecule has 23 heavy (non-hydrogen) atoms. The van der Waals surface area contributed by atoms with Crippen molar-refractivity contribution in [3.63, 3.8) is 0 Å². The minimum Gasteiger partial charge on any atom is -0.394 e. The first-order valence-electron chi connectivity index (χ1n) is 9.76. The van der Waals surface area contributed by atoms with Crippen LogP contribution in [0.1, 0.15) is 96.8 Å². The summed E-state index contributed by atoms with van der Waals surface area (Å²) in [4.78, 5) is 11.5. The van der Waals surface area contributed by atoms with Gasteiger partial charge >= 0.3 is 0 Å². The molecule has 1 unspecified atom stereocenters. The number of carbonyl (C=O) groups excluding carboxylic acids is 1. The Bertz CT molecular complexity index is 259. The zero-order chi connectivity index (χ0) is 17.2. The lowest BCUT2D eigenvalue weighted by atomic mass is 10.0. The Kier molecular flexibility index (Phi) is 17.3. The number of hydrogen-bond donors (Lipinski definition) is 3. The van der Waals surface area contributed by atoms with Gasteiger partial charge < -0.3 is 15.5 Å². The summed E-state index contributed by atoms with van der Waals surface area (Å²) in [6.45, 7) is 2.10. The molecule has 4 heteroatoms. The number of aliphatic hydroxyl groups excluding tert-OH is 2. The number of rotatable bonds is 17. The third kappa shape index (κ3) is 17.6. The Hall–Kier alpha value is -0.610. The maximum Gasteiger partial charge on any atom is 0.220 e. The van der Waals surface area contributed by atoms with Crippen LogP contribution in [0.5, 0.6) is 0 Å². The zero-order valence-corrected chi connectivity index (χ0v) is 15.2. The van der Waals surface area contributed by atoms with E-state index in [0.29, 0.717) is 6.42 Å². The summed E-state index contributed by atoms with van der Waals surface area (Å²) in [5, 5.41) is 20.4. The highest BCUT2D eigenvalue weighted by Gasteiger charge is 2.05. The average molecular weight is 330 g/mol. The molecule has 0 spiro atoms. The Morgan fingerprint density at radius 2 is 1.26 bits per heavy atom. The maximum atomic E-state index is 11.5. The van der Waals surface area contributed by atoms with Gasteiger partial charge in [0.15, 0.2) is 0 Å². The summed E-state index contributed by atoms with van der Waals surface area (Å²) in [6.07, 6.45) is 16.6. The van der Waals surface area contributed by atoms with Gasteiger partial charge in [0.2, 0.25) is 5.91 Å². The van der Waals surface area contributed by atoms with Gasteiger partial charge in [-0.15, -0.1) is 0 Å². The predicted octanol–water partition coefficient (Wildman–Crippen LogP) is 3.94. The molecule has 0 aromatic carbocycles. The number of carbonyl (C=O) groups is 1. The van der Waals surface area contributed by atoms with Crippen LogP contribution in [0.15, 0.2) is 0 Å². The smallest absolute Gasteiger partial charge is 0.220 e. The minimum atomic E-state index is -0.842. The summed E-state index contributed by atoms with van der Waals surface area (Å²) < 4.78 is 0. The molecule has 0 heterocycles. The van der Waals surface area contributed by atoms with Crippen molar-refractivity contribution in [3.05, 3.63) is 0 Å². The second-order valence-electron chi connectivity index (χ2n) is 6.63. The number of nitrogens with one attached hydrogen (secondary N) is 1. The first-order valence-corrected chi connectivity index (χ1v) is 9.76. The van der Waals surface area contributed by atoms with E-state index in [-0.39, 0.29) is 19.1 Å². The summed E-state index contributed by atoms with van der Waals surface area (Å²) >= 11 is 0. The van der Waals surface area contributed by atoms with Crippen molar-refractivity contribution < 1.29 is 15.0 Å². The molecule has 0 rings (SSSR count). The molecule has 0 aromatic heterocycles. The molecule has 1 atom stereocenters. The molecule has 0 aliphatic rings. The number of hydrogen-bond acceptors (Lipinski definition) is 3. The van der Waals surface area contributed by atoms with Crippen molar-refractivity contribution in [3.8, 4) is 0 Å². The highest BCUT2D eigenvalue weighted by atomic mass is 16.3. The highest BCUT2D eigenvalue weighted by Crippen LogP contribution is 2.12. The summed E-state index contributed by atoms with van der Waals surface area (Å²) in [5.41, 5.74) is 0. The first-order chi connectivity index (χ1) is 11.2. The van der Waals surface area contributed by atoms with Crippen molar-refractivity contribution in [1.82, 2.24) is 5.32 Å². The SMILES string of the molecule is CCCCCCCCCCCCCCCC(=O)NCC(O)CO. The lowest BCUT2D eigenvalue weighted by Crippen LogP contribution is -2.33. The second-order valence-corrected chi connectivity index (χ2v) is 6.63. The van der Waals surface area contributed by atoms with Crippen LogP contribution in [0.4, 0.5) is 0 Å². The summed E-state index contributed by atoms with van der Waals surface area (Å²) in [7, 11) is 0. The van der Waals surface area contributed by atoms with Crippen LogP contribution in [0.3, 0.4) is 0 Å². The number of amides is 1. The van der Waals surface area contributed by atoms with Gasteiger partial charge in [-0.1, -0.05) is 84.0 Å². The summed E-state index contributed by atoms with van der Waals surface area (Å²) in [5.74, 6) is -0.0272. The molecule has 4 nitrogen and oxygen atoms in total. The van der Waals surface area contributed by atoms with Crippen LogP contribution in [-0.2, 0) is 4.79 Å². The van der Waals surface area contributed by atoms with E-state index in [4.69, 9.17) is 10.2 Å². The zero-order valence-electron chi connectivity index (χ0n) is 15.2. The van der Waals surface area contributed by atoms with Crippen LogP contribution in [0, 0.1) is 0 Å². The van der Waals surface area contributed by atoms with Crippen molar-refractivity contribution in [2.24, 2.45) is 0 Å². The quantitative estimate of drug-likeness (QED) is 0.354. The largest absolute Gasteiger partial charge is 0.394 e. The van der Waals surface area contributed by atoms with E-state index in [0.717, 1.165) is 12.8 Å². The van der Waals surface area contributed by atoms with Crippen LogP contribution < -0.4 is 5.32 Å². The Labute approximate surface area is 143 Å². The summed E-state index contributed by atoms with van der Waals surface area (Å²) in [6, 6.07) is 0. The van der Waals surface area contributed by atoms with Gasteiger partial charge in [-0.2, -0.15) is 0 Å². The molecule has 0 saturated heterocycles. The lowest BCUT2D eigenvalue weighted by molar-refractivity contribution is -0.121. The van der Waals surface area contributed by atoms with Crippen LogP contribution >= 0.6 is 0 Å². The van der Waals surface area contributed by atoms with Gasteiger partial charge in [0, 0.05) is 13.0 Å². The molecule has 0 saturated carbocycles. The van der Waals surface area contributed by atoms with E-state index in [1.807, 2.05) is 0 Å².